The molecule has 0 rings (SSSR count). The number of hydrogen-bond donors (Lipinski definition) is 1. The van der Waals surface area contributed by atoms with Gasteiger partial charge < -0.3 is 28.5 Å². The lowest BCUT2D eigenvalue weighted by Crippen LogP contribution is -2.40. The predicted octanol–water partition coefficient (Wildman–Crippen LogP) is 26.4. The smallest absolute Gasteiger partial charge is 0.361 e. The number of carboxylic acids is 1. The lowest BCUT2D eigenvalue weighted by molar-refractivity contribution is -0.870. The van der Waals surface area contributed by atoms with Crippen LogP contribution in [-0.2, 0) is 33.3 Å². The molecule has 1 N–H and O–H groups in total. The Morgan fingerprint density at radius 2 is 0.606 bits per heavy atom. The number of likely N-dealkylation sites (N-methyl/N-ethyl adjacent to an activating group) is 1. The van der Waals surface area contributed by atoms with Crippen LogP contribution in [0.25, 0.3) is 0 Å². The molecule has 9 heteroatoms. The van der Waals surface area contributed by atoms with Gasteiger partial charge in [0.1, 0.15) is 13.2 Å². The van der Waals surface area contributed by atoms with Gasteiger partial charge in [0.15, 0.2) is 6.10 Å². The number of rotatable bonds is 78. The maximum Gasteiger partial charge on any atom is 0.361 e. The molecule has 2 atom stereocenters. The Kier molecular flexibility index (Phi) is 73.8. The second-order valence-corrected chi connectivity index (χ2v) is 29.4. The lowest BCUT2D eigenvalue weighted by Gasteiger charge is -2.25. The normalized spacial score (nSPS) is 12.8. The van der Waals surface area contributed by atoms with Crippen LogP contribution in [0.2, 0.25) is 0 Å². The third kappa shape index (κ3) is 76.6. The van der Waals surface area contributed by atoms with Gasteiger partial charge in [-0.15, -0.1) is 0 Å². The molecule has 2 unspecified atom stereocenters. The zero-order chi connectivity index (χ0) is 68.2. The number of quaternary nitrogens is 1. The number of aliphatic carboxylic acids is 1. The zero-order valence-electron chi connectivity index (χ0n) is 63.4. The van der Waals surface area contributed by atoms with E-state index in [0.717, 1.165) is 64.2 Å². The van der Waals surface area contributed by atoms with Crippen LogP contribution >= 0.6 is 0 Å². The van der Waals surface area contributed by atoms with Gasteiger partial charge in [0.2, 0.25) is 0 Å². The van der Waals surface area contributed by atoms with Crippen molar-refractivity contribution in [2.45, 2.75) is 431 Å². The average Bonchev–Trinajstić information content (AvgIpc) is 3.76. The molecular weight excluding hydrogens is 1160 g/mol. The molecule has 9 nitrogen and oxygen atoms in total. The minimum Gasteiger partial charge on any atom is -0.477 e. The van der Waals surface area contributed by atoms with Gasteiger partial charge in [0.05, 0.1) is 34.4 Å². The number of carboxylic acid groups (broad SMARTS) is 1. The van der Waals surface area contributed by atoms with Crippen LogP contribution < -0.4 is 0 Å². The highest BCUT2D eigenvalue weighted by Crippen LogP contribution is 2.20. The molecule has 552 valence electrons. The second-order valence-electron chi connectivity index (χ2n) is 29.4. The Morgan fingerprint density at radius 3 is 0.904 bits per heavy atom. The Morgan fingerprint density at radius 1 is 0.330 bits per heavy atom. The molecule has 0 aromatic heterocycles. The van der Waals surface area contributed by atoms with Crippen molar-refractivity contribution in [3.05, 3.63) is 48.6 Å². The quantitative estimate of drug-likeness (QED) is 0.0211. The number of carbonyl (C=O) groups excluding carboxylic acids is 2. The molecule has 94 heavy (non-hydrogen) atoms. The monoisotopic (exact) mass is 1320 g/mol. The zero-order valence-corrected chi connectivity index (χ0v) is 63.4. The molecule has 0 aliphatic carbocycles. The van der Waals surface area contributed by atoms with Crippen LogP contribution in [0.4, 0.5) is 0 Å². The largest absolute Gasteiger partial charge is 0.477 e. The summed E-state index contributed by atoms with van der Waals surface area (Å²) in [6, 6.07) is 0. The summed E-state index contributed by atoms with van der Waals surface area (Å²) in [6.45, 7) is 4.85. The third-order valence-corrected chi connectivity index (χ3v) is 18.8. The maximum atomic E-state index is 13.0. The Balaban J connectivity index is 3.93. The highest BCUT2D eigenvalue weighted by Gasteiger charge is 2.25. The molecule has 0 aliphatic heterocycles. The van der Waals surface area contributed by atoms with Crippen molar-refractivity contribution < 1.29 is 42.9 Å². The highest BCUT2D eigenvalue weighted by molar-refractivity contribution is 5.71. The van der Waals surface area contributed by atoms with Crippen LogP contribution in [0.5, 0.6) is 0 Å². The van der Waals surface area contributed by atoms with Crippen LogP contribution in [0.3, 0.4) is 0 Å². The number of esters is 2. The lowest BCUT2D eigenvalue weighted by atomic mass is 10.0. The van der Waals surface area contributed by atoms with Crippen LogP contribution in [-0.4, -0.2) is 87.4 Å². The molecule has 0 fully saturated rings. The van der Waals surface area contributed by atoms with Gasteiger partial charge in [-0.3, -0.25) is 9.59 Å². The first-order chi connectivity index (χ1) is 46.1. The molecule has 0 amide bonds. The number of nitrogens with zero attached hydrogens (tertiary/aromatic N) is 1. The average molecular weight is 1320 g/mol. The molecule has 0 aliphatic rings. The molecule has 0 radical (unpaired) electrons. The van der Waals surface area contributed by atoms with Crippen LogP contribution in [0.15, 0.2) is 48.6 Å². The molecule has 0 aromatic carbocycles. The number of unbranched alkanes of at least 4 members (excludes halogenated alkanes) is 55. The fourth-order valence-electron chi connectivity index (χ4n) is 12.6. The standard InChI is InChI=1S/C85H159NO8/c1-6-8-10-12-14-16-18-20-22-24-26-28-30-32-34-36-38-39-40-41-42-43-44-45-46-48-50-52-54-56-58-60-62-64-66-68-70-72-74-76-83(88)94-81(80-93-85(84(89)90)91-78-77-86(3,4)5)79-92-82(87)75-73-71-69-67-65-63-61-59-57-55-53-51-49-47-37-35-33-31-29-27-25-23-21-19-17-15-13-11-9-7-2/h8,10,14,16,20,22,26,28,81,85H,6-7,9,11-13,15,17-19,21,23-25,27,29-80H2,1-5H3/p+1/b10-8-,16-14-,22-20-,28-26-. The molecule has 0 aromatic rings. The summed E-state index contributed by atoms with van der Waals surface area (Å²) in [6.07, 6.45) is 97.2. The Bertz CT molecular complexity index is 1680. The molecule has 0 saturated carbocycles. The van der Waals surface area contributed by atoms with Gasteiger partial charge in [-0.1, -0.05) is 403 Å². The van der Waals surface area contributed by atoms with Crippen molar-refractivity contribution in [3.8, 4) is 0 Å². The van der Waals surface area contributed by atoms with Gasteiger partial charge in [0, 0.05) is 12.8 Å². The van der Waals surface area contributed by atoms with E-state index < -0.39 is 18.4 Å². The van der Waals surface area contributed by atoms with E-state index in [1.165, 1.54) is 327 Å². The van der Waals surface area contributed by atoms with E-state index in [1.54, 1.807) is 0 Å². The van der Waals surface area contributed by atoms with Crippen molar-refractivity contribution in [2.75, 3.05) is 47.5 Å². The summed E-state index contributed by atoms with van der Waals surface area (Å²) < 4.78 is 23.1. The first-order valence-corrected chi connectivity index (χ1v) is 41.3. The SMILES string of the molecule is CC/C=C\C/C=C\C/C=C\C/C=C\CCCCCCCCCCCCCCCCCCCCCCCCCCCCC(=O)OC(COC(=O)CCCCCCCCCCCCCCCCCCCCCCCCCCCCCCCC)COC(OCC[N+](C)(C)C)C(=O)O. The molecular formula is C85H160NO8+. The van der Waals surface area contributed by atoms with Gasteiger partial charge in [-0.05, 0) is 51.4 Å². The third-order valence-electron chi connectivity index (χ3n) is 18.8. The summed E-state index contributed by atoms with van der Waals surface area (Å²) in [5.41, 5.74) is 0. The van der Waals surface area contributed by atoms with Crippen molar-refractivity contribution >= 4 is 17.9 Å². The summed E-state index contributed by atoms with van der Waals surface area (Å²) in [5, 5.41) is 9.78. The summed E-state index contributed by atoms with van der Waals surface area (Å²) in [7, 11) is 6.00. The van der Waals surface area contributed by atoms with Crippen molar-refractivity contribution in [2.24, 2.45) is 0 Å². The Hall–Kier alpha value is -2.75. The van der Waals surface area contributed by atoms with Gasteiger partial charge >= 0.3 is 17.9 Å². The van der Waals surface area contributed by atoms with Crippen LogP contribution in [0.1, 0.15) is 418 Å². The number of carbonyl (C=O) groups is 3. The fourth-order valence-corrected chi connectivity index (χ4v) is 12.6. The first kappa shape index (κ1) is 91.2. The molecule has 0 heterocycles. The van der Waals surface area contributed by atoms with Crippen LogP contribution in [0, 0.1) is 0 Å². The van der Waals surface area contributed by atoms with E-state index in [4.69, 9.17) is 18.9 Å². The first-order valence-electron chi connectivity index (χ1n) is 41.3. The number of ether oxygens (including phenoxy) is 4. The van der Waals surface area contributed by atoms with E-state index in [9.17, 15) is 19.5 Å². The highest BCUT2D eigenvalue weighted by atomic mass is 16.7. The minimum absolute atomic E-state index is 0.174. The summed E-state index contributed by atoms with van der Waals surface area (Å²) in [5.74, 6) is -1.97. The van der Waals surface area contributed by atoms with E-state index in [1.807, 2.05) is 21.1 Å². The minimum atomic E-state index is -1.51. The molecule has 0 saturated heterocycles. The molecule has 0 bridgehead atoms. The number of allylic oxidation sites excluding steroid dienone is 8. The summed E-state index contributed by atoms with van der Waals surface area (Å²) in [4.78, 5) is 37.8. The van der Waals surface area contributed by atoms with Gasteiger partial charge in [-0.2, -0.15) is 0 Å². The summed E-state index contributed by atoms with van der Waals surface area (Å²) >= 11 is 0. The Labute approximate surface area is 584 Å². The van der Waals surface area contributed by atoms with Crippen molar-refractivity contribution in [3.63, 3.8) is 0 Å². The second kappa shape index (κ2) is 76.0. The van der Waals surface area contributed by atoms with Gasteiger partial charge in [-0.25, -0.2) is 4.79 Å². The number of hydrogen-bond acceptors (Lipinski definition) is 7. The van der Waals surface area contributed by atoms with E-state index in [-0.39, 0.29) is 38.2 Å². The predicted molar refractivity (Wildman–Crippen MR) is 406 cm³/mol. The van der Waals surface area contributed by atoms with Gasteiger partial charge in [0.25, 0.3) is 6.29 Å². The van der Waals surface area contributed by atoms with E-state index >= 15 is 0 Å². The molecule has 0 spiro atoms. The van der Waals surface area contributed by atoms with E-state index in [2.05, 4.69) is 62.5 Å². The van der Waals surface area contributed by atoms with E-state index in [0.29, 0.717) is 17.4 Å². The van der Waals surface area contributed by atoms with Crippen molar-refractivity contribution in [1.82, 2.24) is 0 Å². The maximum absolute atomic E-state index is 13.0. The fraction of sp³-hybridized carbons (Fsp3) is 0.871. The van der Waals surface area contributed by atoms with Crippen molar-refractivity contribution in [1.29, 1.82) is 0 Å². The topological polar surface area (TPSA) is 108 Å².